The van der Waals surface area contributed by atoms with Gasteiger partial charge in [-0.05, 0) is 0 Å². The highest BCUT2D eigenvalue weighted by Gasteiger charge is 2.26. The summed E-state index contributed by atoms with van der Waals surface area (Å²) in [6, 6.07) is -0.0325. The van der Waals surface area contributed by atoms with Gasteiger partial charge in [0.1, 0.15) is 0 Å². The van der Waals surface area contributed by atoms with Crippen LogP contribution in [0.1, 0.15) is 6.42 Å². The monoisotopic (exact) mass is 317 g/mol. The number of nitrogens with zero attached hydrogens (tertiary/aromatic N) is 1. The van der Waals surface area contributed by atoms with Crippen molar-refractivity contribution in [2.24, 2.45) is 0 Å². The Labute approximate surface area is 120 Å². The molecule has 0 radical (unpaired) electrons. The summed E-state index contributed by atoms with van der Waals surface area (Å²) < 4.78 is 56.6. The Morgan fingerprint density at radius 2 is 1.50 bits per heavy atom. The lowest BCUT2D eigenvalue weighted by atomic mass is 10.3. The first-order valence-electron chi connectivity index (χ1n) is 5.88. The summed E-state index contributed by atoms with van der Waals surface area (Å²) in [6.45, 7) is -0.398. The van der Waals surface area contributed by atoms with Gasteiger partial charge in [-0.2, -0.15) is 8.78 Å². The summed E-state index contributed by atoms with van der Waals surface area (Å²) in [4.78, 5) is 34.5. The second-order valence-corrected chi connectivity index (χ2v) is 4.18. The number of carbonyl (C=O) groups is 3. The quantitative estimate of drug-likeness (QED) is 0.277. The van der Waals surface area contributed by atoms with Crippen LogP contribution < -0.4 is 4.74 Å². The van der Waals surface area contributed by atoms with E-state index in [0.29, 0.717) is 4.90 Å². The summed E-state index contributed by atoms with van der Waals surface area (Å²) in [7, 11) is 0. The molecule has 22 heavy (non-hydrogen) atoms. The molecule has 9 heteroatoms. The maximum absolute atomic E-state index is 13.3. The highest BCUT2D eigenvalue weighted by Crippen LogP contribution is 2.26. The smallest absolute Gasteiger partial charge is 0.313 e. The van der Waals surface area contributed by atoms with E-state index in [0.717, 1.165) is 12.2 Å². The number of benzene rings is 1. The molecule has 1 aromatic carbocycles. The van der Waals surface area contributed by atoms with E-state index in [4.69, 9.17) is 0 Å². The number of imide groups is 1. The van der Waals surface area contributed by atoms with Gasteiger partial charge in [0.15, 0.2) is 11.6 Å². The Balaban J connectivity index is 2.04. The van der Waals surface area contributed by atoms with Crippen LogP contribution in [-0.4, -0.2) is 29.2 Å². The first kappa shape index (κ1) is 15.7. The van der Waals surface area contributed by atoms with Crippen molar-refractivity contribution >= 4 is 17.8 Å². The van der Waals surface area contributed by atoms with Crippen molar-refractivity contribution in [3.05, 3.63) is 41.5 Å². The molecule has 5 nitrogen and oxygen atoms in total. The predicted octanol–water partition coefficient (Wildman–Crippen LogP) is 1.46. The van der Waals surface area contributed by atoms with E-state index in [1.807, 2.05) is 0 Å². The van der Waals surface area contributed by atoms with Crippen LogP contribution in [0.15, 0.2) is 18.2 Å². The fourth-order valence-corrected chi connectivity index (χ4v) is 1.66. The summed E-state index contributed by atoms with van der Waals surface area (Å²) in [6.07, 6.45) is 1.36. The minimum Gasteiger partial charge on any atom is -0.420 e. The summed E-state index contributed by atoms with van der Waals surface area (Å²) >= 11 is 0. The predicted molar refractivity (Wildman–Crippen MR) is 62.4 cm³/mol. The van der Waals surface area contributed by atoms with E-state index < -0.39 is 59.8 Å². The van der Waals surface area contributed by atoms with Gasteiger partial charge in [0, 0.05) is 24.8 Å². The molecule has 0 N–H and O–H groups in total. The van der Waals surface area contributed by atoms with Gasteiger partial charge in [-0.25, -0.2) is 8.78 Å². The number of halogens is 4. The Bertz CT molecular complexity index is 658. The molecule has 1 aliphatic heterocycles. The molecule has 0 saturated carbocycles. The van der Waals surface area contributed by atoms with Crippen LogP contribution >= 0.6 is 0 Å². The Morgan fingerprint density at radius 1 is 1.00 bits per heavy atom. The summed E-state index contributed by atoms with van der Waals surface area (Å²) in [5, 5.41) is 0. The highest BCUT2D eigenvalue weighted by atomic mass is 19.2. The number of carbonyl (C=O) groups excluding carboxylic acids is 3. The molecule has 0 saturated heterocycles. The van der Waals surface area contributed by atoms with Gasteiger partial charge < -0.3 is 4.74 Å². The average molecular weight is 317 g/mol. The standard InChI is InChI=1S/C13H7F4NO4/c14-6-5-7(15)12(17)13(11(6)16)22-10(21)3-4-18-8(19)1-2-9(18)20/h1-2,5H,3-4H2. The Morgan fingerprint density at radius 3 is 2.00 bits per heavy atom. The second kappa shape index (κ2) is 5.96. The van der Waals surface area contributed by atoms with Crippen LogP contribution in [0.3, 0.4) is 0 Å². The number of hydrogen-bond donors (Lipinski definition) is 0. The van der Waals surface area contributed by atoms with E-state index >= 15 is 0 Å². The molecule has 2 amide bonds. The molecule has 1 aliphatic rings. The van der Waals surface area contributed by atoms with Crippen molar-refractivity contribution < 1.29 is 36.7 Å². The lowest BCUT2D eigenvalue weighted by Gasteiger charge is -2.13. The van der Waals surface area contributed by atoms with E-state index in [9.17, 15) is 31.9 Å². The van der Waals surface area contributed by atoms with Gasteiger partial charge in [0.25, 0.3) is 11.8 Å². The van der Waals surface area contributed by atoms with E-state index in [1.54, 1.807) is 0 Å². The number of esters is 1. The van der Waals surface area contributed by atoms with Crippen molar-refractivity contribution in [1.29, 1.82) is 0 Å². The molecule has 1 aromatic rings. The van der Waals surface area contributed by atoms with E-state index in [-0.39, 0.29) is 6.07 Å². The fraction of sp³-hybridized carbons (Fsp3) is 0.154. The van der Waals surface area contributed by atoms with Crippen molar-refractivity contribution in [1.82, 2.24) is 4.90 Å². The van der Waals surface area contributed by atoms with Crippen molar-refractivity contribution in [2.45, 2.75) is 6.42 Å². The first-order valence-corrected chi connectivity index (χ1v) is 5.88. The van der Waals surface area contributed by atoms with Crippen molar-refractivity contribution in [3.8, 4) is 5.75 Å². The summed E-state index contributed by atoms with van der Waals surface area (Å²) in [5.41, 5.74) is 0. The third kappa shape index (κ3) is 2.97. The first-order chi connectivity index (χ1) is 10.3. The molecule has 0 unspecified atom stereocenters. The molecule has 0 atom stereocenters. The third-order valence-electron chi connectivity index (χ3n) is 2.73. The van der Waals surface area contributed by atoms with Gasteiger partial charge in [-0.3, -0.25) is 19.3 Å². The minimum atomic E-state index is -1.86. The zero-order valence-corrected chi connectivity index (χ0v) is 10.7. The van der Waals surface area contributed by atoms with Gasteiger partial charge in [0.05, 0.1) is 6.42 Å². The molecule has 0 aromatic heterocycles. The molecule has 0 bridgehead atoms. The molecule has 2 rings (SSSR count). The molecule has 0 spiro atoms. The van der Waals surface area contributed by atoms with Crippen molar-refractivity contribution in [2.75, 3.05) is 6.54 Å². The highest BCUT2D eigenvalue weighted by molar-refractivity contribution is 6.13. The van der Waals surface area contributed by atoms with Crippen LogP contribution in [-0.2, 0) is 14.4 Å². The third-order valence-corrected chi connectivity index (χ3v) is 2.73. The number of amides is 2. The average Bonchev–Trinajstić information content (AvgIpc) is 2.78. The number of ether oxygens (including phenoxy) is 1. The normalized spacial score (nSPS) is 13.9. The zero-order valence-electron chi connectivity index (χ0n) is 10.7. The lowest BCUT2D eigenvalue weighted by Crippen LogP contribution is -2.32. The Kier molecular flexibility index (Phi) is 4.25. The SMILES string of the molecule is O=C(CCN1C(=O)C=CC1=O)Oc1c(F)c(F)cc(F)c1F. The topological polar surface area (TPSA) is 63.7 Å². The fourth-order valence-electron chi connectivity index (χ4n) is 1.66. The maximum Gasteiger partial charge on any atom is 0.313 e. The minimum absolute atomic E-state index is 0.0325. The van der Waals surface area contributed by atoms with E-state index in [2.05, 4.69) is 4.74 Å². The maximum atomic E-state index is 13.3. The van der Waals surface area contributed by atoms with E-state index in [1.165, 1.54) is 0 Å². The van der Waals surface area contributed by atoms with Crippen LogP contribution in [0, 0.1) is 23.3 Å². The Hall–Kier alpha value is -2.71. The lowest BCUT2D eigenvalue weighted by molar-refractivity contribution is -0.139. The van der Waals surface area contributed by atoms with Gasteiger partial charge in [-0.1, -0.05) is 0 Å². The largest absolute Gasteiger partial charge is 0.420 e. The number of rotatable bonds is 4. The molecular weight excluding hydrogens is 310 g/mol. The van der Waals surface area contributed by atoms with Crippen LogP contribution in [0.25, 0.3) is 0 Å². The molecule has 0 aliphatic carbocycles. The summed E-state index contributed by atoms with van der Waals surface area (Å²) in [5.74, 6) is -11.3. The molecule has 116 valence electrons. The van der Waals surface area contributed by atoms with Crippen LogP contribution in [0.2, 0.25) is 0 Å². The molecular formula is C13H7F4NO4. The van der Waals surface area contributed by atoms with Crippen LogP contribution in [0.5, 0.6) is 5.75 Å². The van der Waals surface area contributed by atoms with Gasteiger partial charge in [0.2, 0.25) is 17.4 Å². The van der Waals surface area contributed by atoms with Crippen molar-refractivity contribution in [3.63, 3.8) is 0 Å². The van der Waals surface area contributed by atoms with Gasteiger partial charge >= 0.3 is 5.97 Å². The second-order valence-electron chi connectivity index (χ2n) is 4.18. The zero-order chi connectivity index (χ0) is 16.4. The molecule has 1 heterocycles. The van der Waals surface area contributed by atoms with Crippen LogP contribution in [0.4, 0.5) is 17.6 Å². The number of hydrogen-bond acceptors (Lipinski definition) is 4. The molecule has 0 fully saturated rings. The van der Waals surface area contributed by atoms with Gasteiger partial charge in [-0.15, -0.1) is 0 Å².